The number of phenolic OH excluding ortho intramolecular Hbond substituents is 1. The van der Waals surface area contributed by atoms with Crippen LogP contribution in [0.2, 0.25) is 5.02 Å². The van der Waals surface area contributed by atoms with Crippen LogP contribution in [0.5, 0.6) is 17.2 Å². The minimum absolute atomic E-state index is 0.0657. The van der Waals surface area contributed by atoms with Crippen LogP contribution in [0.4, 0.5) is 0 Å². The molecule has 0 spiro atoms. The molecule has 0 aliphatic carbocycles. The molecule has 76 valence electrons. The Bertz CT molecular complexity index is 363. The Hall–Kier alpha value is -1.09. The quantitative estimate of drug-likeness (QED) is 0.721. The maximum Gasteiger partial charge on any atom is 0.167 e. The first-order valence-corrected chi connectivity index (χ1v) is 4.85. The molecule has 0 saturated carbocycles. The number of aromatic hydroxyl groups is 1. The predicted molar refractivity (Wildman–Crippen MR) is 53.5 cm³/mol. The summed E-state index contributed by atoms with van der Waals surface area (Å²) in [6.07, 6.45) is 0.840. The van der Waals surface area contributed by atoms with E-state index < -0.39 is 0 Å². The van der Waals surface area contributed by atoms with Gasteiger partial charge < -0.3 is 14.6 Å². The van der Waals surface area contributed by atoms with Crippen LogP contribution in [0.1, 0.15) is 12.0 Å². The maximum atomic E-state index is 9.59. The number of halogens is 1. The van der Waals surface area contributed by atoms with Gasteiger partial charge in [-0.25, -0.2) is 0 Å². The highest BCUT2D eigenvalue weighted by Crippen LogP contribution is 2.42. The van der Waals surface area contributed by atoms with Crippen LogP contribution in [0.15, 0.2) is 6.07 Å². The first-order chi connectivity index (χ1) is 6.70. The lowest BCUT2D eigenvalue weighted by Crippen LogP contribution is -1.97. The van der Waals surface area contributed by atoms with E-state index in [1.54, 1.807) is 13.0 Å². The maximum absolute atomic E-state index is 9.59. The van der Waals surface area contributed by atoms with Crippen molar-refractivity contribution in [2.75, 3.05) is 13.2 Å². The van der Waals surface area contributed by atoms with Gasteiger partial charge in [-0.15, -0.1) is 0 Å². The summed E-state index contributed by atoms with van der Waals surface area (Å²) in [6, 6.07) is 1.59. The zero-order chi connectivity index (χ0) is 10.1. The highest BCUT2D eigenvalue weighted by atomic mass is 35.5. The van der Waals surface area contributed by atoms with Crippen molar-refractivity contribution in [2.45, 2.75) is 13.3 Å². The van der Waals surface area contributed by atoms with Gasteiger partial charge in [0, 0.05) is 18.1 Å². The molecule has 0 unspecified atom stereocenters. The molecule has 4 heteroatoms. The van der Waals surface area contributed by atoms with E-state index in [0.717, 1.165) is 6.42 Å². The molecular weight excluding hydrogens is 204 g/mol. The third-order valence-corrected chi connectivity index (χ3v) is 2.48. The first-order valence-electron chi connectivity index (χ1n) is 4.48. The van der Waals surface area contributed by atoms with Gasteiger partial charge in [-0.2, -0.15) is 0 Å². The Labute approximate surface area is 87.2 Å². The Morgan fingerprint density at radius 3 is 2.86 bits per heavy atom. The van der Waals surface area contributed by atoms with E-state index in [1.807, 2.05) is 0 Å². The second kappa shape index (κ2) is 3.58. The van der Waals surface area contributed by atoms with E-state index in [2.05, 4.69) is 0 Å². The lowest BCUT2D eigenvalue weighted by molar-refractivity contribution is 0.296. The number of phenols is 1. The monoisotopic (exact) mass is 214 g/mol. The molecular formula is C10H11ClO3. The molecule has 1 aliphatic heterocycles. The number of benzene rings is 1. The molecule has 1 aromatic carbocycles. The fourth-order valence-electron chi connectivity index (χ4n) is 1.42. The van der Waals surface area contributed by atoms with Gasteiger partial charge >= 0.3 is 0 Å². The van der Waals surface area contributed by atoms with E-state index in [-0.39, 0.29) is 5.75 Å². The molecule has 1 N–H and O–H groups in total. The van der Waals surface area contributed by atoms with E-state index in [0.29, 0.717) is 35.3 Å². The minimum Gasteiger partial charge on any atom is -0.506 e. The summed E-state index contributed by atoms with van der Waals surface area (Å²) in [5, 5.41) is 9.88. The van der Waals surface area contributed by atoms with E-state index in [4.69, 9.17) is 21.1 Å². The molecule has 1 heterocycles. The Balaban J connectivity index is 2.55. The van der Waals surface area contributed by atoms with Gasteiger partial charge in [-0.1, -0.05) is 11.6 Å². The van der Waals surface area contributed by atoms with Crippen LogP contribution in [0, 0.1) is 6.92 Å². The molecule has 0 aromatic heterocycles. The molecule has 1 aliphatic rings. The number of ether oxygens (including phenoxy) is 2. The molecule has 1 aromatic rings. The third-order valence-electron chi connectivity index (χ3n) is 2.20. The summed E-state index contributed by atoms with van der Waals surface area (Å²) in [5.41, 5.74) is 0.634. The summed E-state index contributed by atoms with van der Waals surface area (Å²) in [4.78, 5) is 0. The molecule has 2 rings (SSSR count). The summed E-state index contributed by atoms with van der Waals surface area (Å²) < 4.78 is 10.9. The largest absolute Gasteiger partial charge is 0.506 e. The molecule has 0 fully saturated rings. The zero-order valence-electron chi connectivity index (χ0n) is 7.84. The number of hydrogen-bond acceptors (Lipinski definition) is 3. The lowest BCUT2D eigenvalue weighted by Gasteiger charge is -2.12. The normalized spacial score (nSPS) is 15.0. The summed E-state index contributed by atoms with van der Waals surface area (Å²) in [6.45, 7) is 2.98. The van der Waals surface area contributed by atoms with Crippen LogP contribution in [0.3, 0.4) is 0 Å². The SMILES string of the molecule is Cc1c(O)c(Cl)cc2c1OCCCO2. The van der Waals surface area contributed by atoms with Crippen LogP contribution < -0.4 is 9.47 Å². The van der Waals surface area contributed by atoms with E-state index in [9.17, 15) is 5.11 Å². The van der Waals surface area contributed by atoms with Gasteiger partial charge in [-0.05, 0) is 6.92 Å². The molecule has 0 bridgehead atoms. The van der Waals surface area contributed by atoms with Gasteiger partial charge in [0.25, 0.3) is 0 Å². The van der Waals surface area contributed by atoms with Crippen molar-refractivity contribution >= 4 is 11.6 Å². The van der Waals surface area contributed by atoms with E-state index >= 15 is 0 Å². The van der Waals surface area contributed by atoms with E-state index in [1.165, 1.54) is 0 Å². The number of rotatable bonds is 0. The fraction of sp³-hybridized carbons (Fsp3) is 0.400. The molecule has 0 amide bonds. The zero-order valence-corrected chi connectivity index (χ0v) is 8.60. The van der Waals surface area contributed by atoms with Crippen molar-refractivity contribution in [2.24, 2.45) is 0 Å². The fourth-order valence-corrected chi connectivity index (χ4v) is 1.66. The highest BCUT2D eigenvalue weighted by molar-refractivity contribution is 6.32. The van der Waals surface area contributed by atoms with Crippen molar-refractivity contribution in [1.82, 2.24) is 0 Å². The standard InChI is InChI=1S/C10H11ClO3/c1-6-9(12)7(11)5-8-10(6)14-4-2-3-13-8/h5,12H,2-4H2,1H3. The summed E-state index contributed by atoms with van der Waals surface area (Å²) in [5.74, 6) is 1.28. The van der Waals surface area contributed by atoms with Gasteiger partial charge in [0.2, 0.25) is 0 Å². The second-order valence-corrected chi connectivity index (χ2v) is 3.62. The Morgan fingerprint density at radius 1 is 1.36 bits per heavy atom. The minimum atomic E-state index is 0.0657. The van der Waals surface area contributed by atoms with Crippen LogP contribution in [-0.4, -0.2) is 18.3 Å². The lowest BCUT2D eigenvalue weighted by atomic mass is 10.2. The van der Waals surface area contributed by atoms with Crippen molar-refractivity contribution in [1.29, 1.82) is 0 Å². The topological polar surface area (TPSA) is 38.7 Å². The van der Waals surface area contributed by atoms with Gasteiger partial charge in [0.15, 0.2) is 11.5 Å². The van der Waals surface area contributed by atoms with Crippen molar-refractivity contribution in [3.05, 3.63) is 16.7 Å². The second-order valence-electron chi connectivity index (χ2n) is 3.21. The number of hydrogen-bond donors (Lipinski definition) is 1. The first kappa shape index (κ1) is 9.46. The van der Waals surface area contributed by atoms with Crippen LogP contribution in [-0.2, 0) is 0 Å². The van der Waals surface area contributed by atoms with Crippen LogP contribution >= 0.6 is 11.6 Å². The third kappa shape index (κ3) is 1.48. The molecule has 0 radical (unpaired) electrons. The van der Waals surface area contributed by atoms with Gasteiger partial charge in [0.1, 0.15) is 5.75 Å². The smallest absolute Gasteiger partial charge is 0.167 e. The number of fused-ring (bicyclic) bond motifs is 1. The molecule has 3 nitrogen and oxygen atoms in total. The van der Waals surface area contributed by atoms with Crippen molar-refractivity contribution < 1.29 is 14.6 Å². The molecule has 0 atom stereocenters. The molecule has 14 heavy (non-hydrogen) atoms. The average molecular weight is 215 g/mol. The predicted octanol–water partition coefficient (Wildman–Crippen LogP) is 2.52. The Morgan fingerprint density at radius 2 is 2.07 bits per heavy atom. The van der Waals surface area contributed by atoms with Crippen LogP contribution in [0.25, 0.3) is 0 Å². The van der Waals surface area contributed by atoms with Crippen molar-refractivity contribution in [3.8, 4) is 17.2 Å². The molecule has 0 saturated heterocycles. The van der Waals surface area contributed by atoms with Gasteiger partial charge in [-0.3, -0.25) is 0 Å². The summed E-state index contributed by atoms with van der Waals surface area (Å²) in [7, 11) is 0. The van der Waals surface area contributed by atoms with Crippen molar-refractivity contribution in [3.63, 3.8) is 0 Å². The average Bonchev–Trinajstić information content (AvgIpc) is 2.39. The van der Waals surface area contributed by atoms with Gasteiger partial charge in [0.05, 0.1) is 18.2 Å². The summed E-state index contributed by atoms with van der Waals surface area (Å²) >= 11 is 5.82. The highest BCUT2D eigenvalue weighted by Gasteiger charge is 2.18. The Kier molecular flexibility index (Phi) is 2.42.